The van der Waals surface area contributed by atoms with Crippen LogP contribution in [0.4, 0.5) is 8.78 Å². The fourth-order valence-corrected chi connectivity index (χ4v) is 1.90. The van der Waals surface area contributed by atoms with Gasteiger partial charge in [0.15, 0.2) is 0 Å². The van der Waals surface area contributed by atoms with Crippen LogP contribution in [0.3, 0.4) is 0 Å². The summed E-state index contributed by atoms with van der Waals surface area (Å²) >= 11 is 0. The quantitative estimate of drug-likeness (QED) is 0.566. The van der Waals surface area contributed by atoms with Crippen LogP contribution in [0.1, 0.15) is 39.0 Å². The number of rotatable bonds is 6. The number of ether oxygens (including phenoxy) is 1. The molecule has 0 amide bonds. The van der Waals surface area contributed by atoms with Crippen LogP contribution in [-0.4, -0.2) is 31.1 Å². The molecule has 5 heteroatoms. The van der Waals surface area contributed by atoms with Gasteiger partial charge in [0.2, 0.25) is 0 Å². The lowest BCUT2D eigenvalue weighted by atomic mass is 10.1. The molecule has 1 rings (SSSR count). The van der Waals surface area contributed by atoms with Crippen LogP contribution in [0.5, 0.6) is 0 Å². The molecule has 0 aromatic carbocycles. The Bertz CT molecular complexity index is 234. The summed E-state index contributed by atoms with van der Waals surface area (Å²) in [6.07, 6.45) is 2.51. The molecular weight excluding hydrogens is 216 g/mol. The number of halogens is 2. The number of esters is 1. The highest BCUT2D eigenvalue weighted by atomic mass is 19.3. The summed E-state index contributed by atoms with van der Waals surface area (Å²) in [5.41, 5.74) is 0. The van der Waals surface area contributed by atoms with E-state index in [9.17, 15) is 13.6 Å². The van der Waals surface area contributed by atoms with Crippen LogP contribution in [0.15, 0.2) is 0 Å². The summed E-state index contributed by atoms with van der Waals surface area (Å²) in [5.74, 6) is -2.75. The average molecular weight is 235 g/mol. The number of hydrogen-bond acceptors (Lipinski definition) is 3. The van der Waals surface area contributed by atoms with Crippen molar-refractivity contribution in [3.8, 4) is 0 Å². The molecule has 94 valence electrons. The van der Waals surface area contributed by atoms with Gasteiger partial charge < -0.3 is 10.1 Å². The Morgan fingerprint density at radius 2 is 2.25 bits per heavy atom. The molecule has 1 saturated heterocycles. The molecule has 1 aliphatic heterocycles. The second-order valence-electron chi connectivity index (χ2n) is 4.19. The number of nitrogens with one attached hydrogen (secondary N) is 1. The van der Waals surface area contributed by atoms with Gasteiger partial charge in [0.05, 0.1) is 13.2 Å². The molecule has 1 N–H and O–H groups in total. The monoisotopic (exact) mass is 235 g/mol. The van der Waals surface area contributed by atoms with Gasteiger partial charge in [-0.3, -0.25) is 4.79 Å². The van der Waals surface area contributed by atoms with Gasteiger partial charge >= 0.3 is 5.97 Å². The van der Waals surface area contributed by atoms with Crippen molar-refractivity contribution in [1.29, 1.82) is 0 Å². The number of carbonyl (C=O) groups excluding carboxylic acids is 1. The van der Waals surface area contributed by atoms with Crippen LogP contribution in [0, 0.1) is 0 Å². The molecule has 1 unspecified atom stereocenters. The fourth-order valence-electron chi connectivity index (χ4n) is 1.90. The zero-order valence-electron chi connectivity index (χ0n) is 9.60. The Labute approximate surface area is 94.5 Å². The van der Waals surface area contributed by atoms with Gasteiger partial charge in [-0.15, -0.1) is 0 Å². The van der Waals surface area contributed by atoms with Crippen molar-refractivity contribution in [3.05, 3.63) is 0 Å². The van der Waals surface area contributed by atoms with E-state index in [1.54, 1.807) is 6.92 Å². The minimum atomic E-state index is -2.55. The highest BCUT2D eigenvalue weighted by molar-refractivity contribution is 5.69. The molecule has 1 aliphatic rings. The SMILES string of the molecule is CCOC(=O)CCCCC1CC(F)(F)CN1. The molecule has 0 aromatic rings. The Balaban J connectivity index is 2.02. The van der Waals surface area contributed by atoms with E-state index in [0.29, 0.717) is 25.9 Å². The highest BCUT2D eigenvalue weighted by Crippen LogP contribution is 2.27. The molecular formula is C11H19F2NO2. The van der Waals surface area contributed by atoms with Crippen LogP contribution in [0.25, 0.3) is 0 Å². The third kappa shape index (κ3) is 4.88. The lowest BCUT2D eigenvalue weighted by Gasteiger charge is -2.09. The highest BCUT2D eigenvalue weighted by Gasteiger charge is 2.38. The van der Waals surface area contributed by atoms with Crippen molar-refractivity contribution < 1.29 is 18.3 Å². The van der Waals surface area contributed by atoms with Gasteiger partial charge in [0, 0.05) is 18.9 Å². The first-order valence-electron chi connectivity index (χ1n) is 5.80. The summed E-state index contributed by atoms with van der Waals surface area (Å²) in [7, 11) is 0. The number of unbranched alkanes of at least 4 members (excludes halogenated alkanes) is 1. The van der Waals surface area contributed by atoms with E-state index in [1.807, 2.05) is 0 Å². The van der Waals surface area contributed by atoms with Crippen molar-refractivity contribution >= 4 is 5.97 Å². The maximum Gasteiger partial charge on any atom is 0.305 e. The number of carbonyl (C=O) groups is 1. The number of alkyl halides is 2. The topological polar surface area (TPSA) is 38.3 Å². The molecule has 0 aliphatic carbocycles. The smallest absolute Gasteiger partial charge is 0.305 e. The van der Waals surface area contributed by atoms with E-state index >= 15 is 0 Å². The van der Waals surface area contributed by atoms with Crippen molar-refractivity contribution in [1.82, 2.24) is 5.32 Å². The maximum absolute atomic E-state index is 12.8. The van der Waals surface area contributed by atoms with Gasteiger partial charge in [-0.2, -0.15) is 0 Å². The van der Waals surface area contributed by atoms with Gasteiger partial charge in [0.1, 0.15) is 0 Å². The van der Waals surface area contributed by atoms with Crippen LogP contribution >= 0.6 is 0 Å². The lowest BCUT2D eigenvalue weighted by Crippen LogP contribution is -2.22. The lowest BCUT2D eigenvalue weighted by molar-refractivity contribution is -0.143. The van der Waals surface area contributed by atoms with E-state index in [4.69, 9.17) is 4.74 Å². The van der Waals surface area contributed by atoms with E-state index in [-0.39, 0.29) is 25.0 Å². The predicted octanol–water partition coefficient (Wildman–Crippen LogP) is 2.11. The summed E-state index contributed by atoms with van der Waals surface area (Å²) in [5, 5.41) is 2.79. The summed E-state index contributed by atoms with van der Waals surface area (Å²) in [6.45, 7) is 1.95. The molecule has 0 radical (unpaired) electrons. The third-order valence-corrected chi connectivity index (χ3v) is 2.68. The molecule has 3 nitrogen and oxygen atoms in total. The third-order valence-electron chi connectivity index (χ3n) is 2.68. The average Bonchev–Trinajstić information content (AvgIpc) is 2.54. The van der Waals surface area contributed by atoms with Crippen molar-refractivity contribution in [2.24, 2.45) is 0 Å². The minimum Gasteiger partial charge on any atom is -0.466 e. The largest absolute Gasteiger partial charge is 0.466 e. The zero-order valence-corrected chi connectivity index (χ0v) is 9.60. The minimum absolute atomic E-state index is 0.0770. The first-order chi connectivity index (χ1) is 7.53. The van der Waals surface area contributed by atoms with Crippen molar-refractivity contribution in [2.45, 2.75) is 51.0 Å². The molecule has 1 heterocycles. The van der Waals surface area contributed by atoms with Gasteiger partial charge in [-0.25, -0.2) is 8.78 Å². The standard InChI is InChI=1S/C11H19F2NO2/c1-2-16-10(15)6-4-3-5-9-7-11(12,13)8-14-9/h9,14H,2-8H2,1H3. The van der Waals surface area contributed by atoms with Gasteiger partial charge in [0.25, 0.3) is 5.92 Å². The van der Waals surface area contributed by atoms with E-state index < -0.39 is 5.92 Å². The molecule has 1 fully saturated rings. The second-order valence-corrected chi connectivity index (χ2v) is 4.19. The predicted molar refractivity (Wildman–Crippen MR) is 56.5 cm³/mol. The Morgan fingerprint density at radius 3 is 2.81 bits per heavy atom. The van der Waals surface area contributed by atoms with Crippen LogP contribution in [-0.2, 0) is 9.53 Å². The summed E-state index contributed by atoms with van der Waals surface area (Å²) in [4.78, 5) is 11.0. The summed E-state index contributed by atoms with van der Waals surface area (Å²) in [6, 6.07) is -0.0998. The number of hydrogen-bond donors (Lipinski definition) is 1. The Morgan fingerprint density at radius 1 is 1.50 bits per heavy atom. The molecule has 0 aromatic heterocycles. The molecule has 1 atom stereocenters. The Hall–Kier alpha value is -0.710. The van der Waals surface area contributed by atoms with Gasteiger partial charge in [-0.1, -0.05) is 6.42 Å². The van der Waals surface area contributed by atoms with Crippen LogP contribution < -0.4 is 5.32 Å². The first kappa shape index (κ1) is 13.4. The van der Waals surface area contributed by atoms with Crippen molar-refractivity contribution in [2.75, 3.05) is 13.2 Å². The molecule has 0 saturated carbocycles. The summed E-state index contributed by atoms with van der Waals surface area (Å²) < 4.78 is 30.4. The van der Waals surface area contributed by atoms with Crippen LogP contribution in [0.2, 0.25) is 0 Å². The molecule has 0 spiro atoms. The maximum atomic E-state index is 12.8. The van der Waals surface area contributed by atoms with E-state index in [0.717, 1.165) is 6.42 Å². The normalized spacial score (nSPS) is 23.3. The van der Waals surface area contributed by atoms with E-state index in [1.165, 1.54) is 0 Å². The first-order valence-corrected chi connectivity index (χ1v) is 5.80. The van der Waals surface area contributed by atoms with E-state index in [2.05, 4.69) is 5.32 Å². The van der Waals surface area contributed by atoms with Crippen molar-refractivity contribution in [3.63, 3.8) is 0 Å². The Kier molecular flexibility index (Phi) is 5.12. The zero-order chi connectivity index (χ0) is 12.0. The van der Waals surface area contributed by atoms with Gasteiger partial charge in [-0.05, 0) is 19.8 Å². The molecule has 16 heavy (non-hydrogen) atoms. The molecule has 0 bridgehead atoms. The second kappa shape index (κ2) is 6.13. The fraction of sp³-hybridized carbons (Fsp3) is 0.909.